The van der Waals surface area contributed by atoms with Gasteiger partial charge in [-0.25, -0.2) is 0 Å². The van der Waals surface area contributed by atoms with E-state index < -0.39 is 0 Å². The van der Waals surface area contributed by atoms with Gasteiger partial charge in [-0.15, -0.1) is 0 Å². The molecule has 1 unspecified atom stereocenters. The zero-order valence-corrected chi connectivity index (χ0v) is 11.4. The Morgan fingerprint density at radius 1 is 1.47 bits per heavy atom. The van der Waals surface area contributed by atoms with E-state index in [-0.39, 0.29) is 18.4 Å². The Morgan fingerprint density at radius 2 is 2.21 bits per heavy atom. The highest BCUT2D eigenvalue weighted by Gasteiger charge is 2.19. The minimum atomic E-state index is -0.0320. The molecule has 0 fully saturated rings. The van der Waals surface area contributed by atoms with Crippen LogP contribution in [0.1, 0.15) is 40.3 Å². The van der Waals surface area contributed by atoms with Gasteiger partial charge in [0, 0.05) is 34.9 Å². The molecule has 2 rings (SSSR count). The second-order valence-electron chi connectivity index (χ2n) is 4.76. The zero-order valence-electron chi connectivity index (χ0n) is 11.4. The van der Waals surface area contributed by atoms with Crippen molar-refractivity contribution in [1.29, 1.82) is 0 Å². The first-order chi connectivity index (χ1) is 9.06. The van der Waals surface area contributed by atoms with E-state index in [1.54, 1.807) is 24.5 Å². The van der Waals surface area contributed by atoms with E-state index in [2.05, 4.69) is 4.98 Å². The van der Waals surface area contributed by atoms with Crippen LogP contribution in [0.3, 0.4) is 0 Å². The molecule has 0 amide bonds. The second-order valence-corrected chi connectivity index (χ2v) is 4.76. The summed E-state index contributed by atoms with van der Waals surface area (Å²) in [4.78, 5) is 16.4. The Kier molecular flexibility index (Phi) is 3.81. The standard InChI is InChI=1S/C15H18N2O2/c1-10-7-14(12(3)17(10)11(2)9-18)15(19)13-5-4-6-16-8-13/h4-8,11,18H,9H2,1-3H3. The van der Waals surface area contributed by atoms with E-state index in [9.17, 15) is 9.90 Å². The van der Waals surface area contributed by atoms with Crippen molar-refractivity contribution >= 4 is 5.78 Å². The lowest BCUT2D eigenvalue weighted by molar-refractivity contribution is 0.103. The molecule has 0 radical (unpaired) electrons. The number of aryl methyl sites for hydroxylation is 1. The van der Waals surface area contributed by atoms with Crippen LogP contribution < -0.4 is 0 Å². The molecule has 4 heteroatoms. The fourth-order valence-electron chi connectivity index (χ4n) is 2.42. The first-order valence-electron chi connectivity index (χ1n) is 6.30. The van der Waals surface area contributed by atoms with Gasteiger partial charge in [0.15, 0.2) is 5.78 Å². The highest BCUT2D eigenvalue weighted by atomic mass is 16.3. The predicted molar refractivity (Wildman–Crippen MR) is 73.4 cm³/mol. The Bertz CT molecular complexity index is 588. The zero-order chi connectivity index (χ0) is 14.0. The topological polar surface area (TPSA) is 55.1 Å². The number of ketones is 1. The maximum absolute atomic E-state index is 12.4. The number of pyridine rings is 1. The lowest BCUT2D eigenvalue weighted by Crippen LogP contribution is -2.13. The monoisotopic (exact) mass is 258 g/mol. The summed E-state index contributed by atoms with van der Waals surface area (Å²) in [7, 11) is 0. The molecule has 0 saturated heterocycles. The molecule has 100 valence electrons. The summed E-state index contributed by atoms with van der Waals surface area (Å²) < 4.78 is 1.99. The van der Waals surface area contributed by atoms with Crippen molar-refractivity contribution in [2.75, 3.05) is 6.61 Å². The highest BCUT2D eigenvalue weighted by Crippen LogP contribution is 2.22. The number of aliphatic hydroxyl groups excluding tert-OH is 1. The van der Waals surface area contributed by atoms with Gasteiger partial charge in [0.05, 0.1) is 12.6 Å². The quantitative estimate of drug-likeness (QED) is 0.856. The Balaban J connectivity index is 2.45. The van der Waals surface area contributed by atoms with E-state index in [0.29, 0.717) is 11.1 Å². The summed E-state index contributed by atoms with van der Waals surface area (Å²) in [6.45, 7) is 5.83. The van der Waals surface area contributed by atoms with E-state index >= 15 is 0 Å². The summed E-state index contributed by atoms with van der Waals surface area (Å²) in [6.07, 6.45) is 3.22. The molecule has 2 aromatic rings. The number of carbonyl (C=O) groups is 1. The number of carbonyl (C=O) groups excluding carboxylic acids is 1. The van der Waals surface area contributed by atoms with Crippen molar-refractivity contribution in [2.24, 2.45) is 0 Å². The molecule has 0 aliphatic rings. The van der Waals surface area contributed by atoms with Crippen LogP contribution in [0.25, 0.3) is 0 Å². The third-order valence-electron chi connectivity index (χ3n) is 3.36. The lowest BCUT2D eigenvalue weighted by atomic mass is 10.1. The van der Waals surface area contributed by atoms with E-state index in [4.69, 9.17) is 0 Å². The lowest BCUT2D eigenvalue weighted by Gasteiger charge is -2.15. The fraction of sp³-hybridized carbons (Fsp3) is 0.333. The van der Waals surface area contributed by atoms with Gasteiger partial charge in [-0.3, -0.25) is 9.78 Å². The maximum Gasteiger partial charge on any atom is 0.196 e. The van der Waals surface area contributed by atoms with Gasteiger partial charge in [-0.2, -0.15) is 0 Å². The molecule has 2 aromatic heterocycles. The largest absolute Gasteiger partial charge is 0.394 e. The molecule has 2 heterocycles. The third-order valence-corrected chi connectivity index (χ3v) is 3.36. The first-order valence-corrected chi connectivity index (χ1v) is 6.30. The van der Waals surface area contributed by atoms with Crippen LogP contribution in [0.5, 0.6) is 0 Å². The van der Waals surface area contributed by atoms with Crippen LogP contribution in [0.4, 0.5) is 0 Å². The minimum Gasteiger partial charge on any atom is -0.394 e. The minimum absolute atomic E-state index is 0.0300. The molecular weight excluding hydrogens is 240 g/mol. The number of aliphatic hydroxyl groups is 1. The number of hydrogen-bond donors (Lipinski definition) is 1. The molecule has 0 bridgehead atoms. The summed E-state index contributed by atoms with van der Waals surface area (Å²) in [5.41, 5.74) is 3.12. The Morgan fingerprint density at radius 3 is 2.79 bits per heavy atom. The summed E-state index contributed by atoms with van der Waals surface area (Å²) in [6, 6.07) is 5.35. The first kappa shape index (κ1) is 13.5. The van der Waals surface area contributed by atoms with E-state index in [1.165, 1.54) is 0 Å². The molecule has 0 saturated carbocycles. The van der Waals surface area contributed by atoms with Crippen LogP contribution in [0.15, 0.2) is 30.6 Å². The average Bonchev–Trinajstić information content (AvgIpc) is 2.73. The molecule has 19 heavy (non-hydrogen) atoms. The van der Waals surface area contributed by atoms with Crippen molar-refractivity contribution < 1.29 is 9.90 Å². The molecule has 1 atom stereocenters. The molecule has 0 aliphatic heterocycles. The Hall–Kier alpha value is -1.94. The number of rotatable bonds is 4. The van der Waals surface area contributed by atoms with E-state index in [0.717, 1.165) is 11.4 Å². The van der Waals surface area contributed by atoms with Gasteiger partial charge in [0.25, 0.3) is 0 Å². The van der Waals surface area contributed by atoms with Crippen molar-refractivity contribution in [3.8, 4) is 0 Å². The van der Waals surface area contributed by atoms with Crippen molar-refractivity contribution in [2.45, 2.75) is 26.8 Å². The molecule has 0 aromatic carbocycles. The van der Waals surface area contributed by atoms with Crippen molar-refractivity contribution in [1.82, 2.24) is 9.55 Å². The fourth-order valence-corrected chi connectivity index (χ4v) is 2.42. The second kappa shape index (κ2) is 5.36. The third kappa shape index (κ3) is 2.44. The summed E-state index contributed by atoms with van der Waals surface area (Å²) >= 11 is 0. The smallest absolute Gasteiger partial charge is 0.196 e. The van der Waals surface area contributed by atoms with Gasteiger partial charge in [-0.1, -0.05) is 0 Å². The normalized spacial score (nSPS) is 12.4. The van der Waals surface area contributed by atoms with Crippen LogP contribution in [-0.4, -0.2) is 27.0 Å². The van der Waals surface area contributed by atoms with Gasteiger partial charge >= 0.3 is 0 Å². The van der Waals surface area contributed by atoms with Crippen LogP contribution in [-0.2, 0) is 0 Å². The van der Waals surface area contributed by atoms with Gasteiger partial charge in [-0.05, 0) is 39.0 Å². The molecule has 1 N–H and O–H groups in total. The van der Waals surface area contributed by atoms with Gasteiger partial charge in [0.1, 0.15) is 0 Å². The van der Waals surface area contributed by atoms with Crippen LogP contribution in [0.2, 0.25) is 0 Å². The van der Waals surface area contributed by atoms with Crippen LogP contribution in [0, 0.1) is 13.8 Å². The molecule has 0 aliphatic carbocycles. The van der Waals surface area contributed by atoms with E-state index in [1.807, 2.05) is 31.4 Å². The molecule has 4 nitrogen and oxygen atoms in total. The molecule has 0 spiro atoms. The summed E-state index contributed by atoms with van der Waals surface area (Å²) in [5, 5.41) is 9.29. The number of nitrogens with zero attached hydrogens (tertiary/aromatic N) is 2. The van der Waals surface area contributed by atoms with Gasteiger partial charge in [0.2, 0.25) is 0 Å². The summed E-state index contributed by atoms with van der Waals surface area (Å²) in [5.74, 6) is -0.0300. The van der Waals surface area contributed by atoms with Crippen LogP contribution >= 0.6 is 0 Å². The van der Waals surface area contributed by atoms with Crippen molar-refractivity contribution in [3.05, 3.63) is 53.1 Å². The highest BCUT2D eigenvalue weighted by molar-refractivity contribution is 6.09. The van der Waals surface area contributed by atoms with Gasteiger partial charge < -0.3 is 9.67 Å². The average molecular weight is 258 g/mol. The van der Waals surface area contributed by atoms with Crippen molar-refractivity contribution in [3.63, 3.8) is 0 Å². The maximum atomic E-state index is 12.4. The SMILES string of the molecule is Cc1cc(C(=O)c2cccnc2)c(C)n1C(C)CO. The molecular formula is C15H18N2O2. The Labute approximate surface area is 112 Å². The number of aromatic nitrogens is 2. The number of hydrogen-bond acceptors (Lipinski definition) is 3. The predicted octanol–water partition coefficient (Wildman–Crippen LogP) is 2.28.